The molecule has 1 amide bonds. The van der Waals surface area contributed by atoms with E-state index in [9.17, 15) is 9.18 Å². The normalized spacial score (nSPS) is 16.2. The highest BCUT2D eigenvalue weighted by atomic mass is 79.9. The van der Waals surface area contributed by atoms with Gasteiger partial charge in [0, 0.05) is 29.2 Å². The lowest BCUT2D eigenvalue weighted by atomic mass is 10.1. The lowest BCUT2D eigenvalue weighted by Crippen LogP contribution is -2.34. The van der Waals surface area contributed by atoms with Gasteiger partial charge in [-0.15, -0.1) is 0 Å². The van der Waals surface area contributed by atoms with Crippen molar-refractivity contribution in [2.24, 2.45) is 0 Å². The molecule has 1 aromatic carbocycles. The first-order valence-electron chi connectivity index (χ1n) is 6.09. The summed E-state index contributed by atoms with van der Waals surface area (Å²) in [6.45, 7) is 1.62. The molecule has 1 aromatic rings. The van der Waals surface area contributed by atoms with Gasteiger partial charge in [-0.3, -0.25) is 4.79 Å². The molecule has 1 saturated heterocycles. The number of likely N-dealkylation sites (tertiary alicyclic amines) is 1. The molecule has 0 bridgehead atoms. The molecule has 0 N–H and O–H groups in total. The topological polar surface area (TPSA) is 20.3 Å². The van der Waals surface area contributed by atoms with Crippen LogP contribution in [0.15, 0.2) is 28.7 Å². The molecule has 0 radical (unpaired) electrons. The van der Waals surface area contributed by atoms with E-state index in [1.165, 1.54) is 24.6 Å². The minimum atomic E-state index is -0.319. The zero-order valence-electron chi connectivity index (χ0n) is 10.0. The molecule has 0 aliphatic carbocycles. The van der Waals surface area contributed by atoms with Gasteiger partial charge in [-0.1, -0.05) is 15.9 Å². The smallest absolute Gasteiger partial charge is 0.246 e. The zero-order chi connectivity index (χ0) is 13.0. The highest BCUT2D eigenvalue weighted by Crippen LogP contribution is 2.17. The van der Waals surface area contributed by atoms with Gasteiger partial charge >= 0.3 is 0 Å². The molecule has 0 aromatic heterocycles. The van der Waals surface area contributed by atoms with Crippen molar-refractivity contribution in [3.05, 3.63) is 40.1 Å². The summed E-state index contributed by atoms with van der Waals surface area (Å²) < 4.78 is 14.3. The molecule has 0 atom stereocenters. The van der Waals surface area contributed by atoms with E-state index < -0.39 is 0 Å². The highest BCUT2D eigenvalue weighted by molar-refractivity contribution is 9.10. The molecule has 18 heavy (non-hydrogen) atoms. The van der Waals surface area contributed by atoms with Crippen LogP contribution in [0.5, 0.6) is 0 Å². The second-order valence-corrected chi connectivity index (χ2v) is 5.30. The molecule has 2 nitrogen and oxygen atoms in total. The Morgan fingerprint density at radius 1 is 1.28 bits per heavy atom. The summed E-state index contributed by atoms with van der Waals surface area (Å²) in [5.41, 5.74) is 0.426. The van der Waals surface area contributed by atoms with E-state index in [0.717, 1.165) is 30.4 Å². The Morgan fingerprint density at radius 3 is 2.72 bits per heavy atom. The van der Waals surface area contributed by atoms with E-state index >= 15 is 0 Å². The molecule has 0 saturated carbocycles. The van der Waals surface area contributed by atoms with Gasteiger partial charge in [-0.25, -0.2) is 4.39 Å². The predicted molar refractivity (Wildman–Crippen MR) is 73.6 cm³/mol. The van der Waals surface area contributed by atoms with Crippen molar-refractivity contribution < 1.29 is 9.18 Å². The van der Waals surface area contributed by atoms with Gasteiger partial charge in [-0.2, -0.15) is 0 Å². The van der Waals surface area contributed by atoms with Crippen LogP contribution in [0.4, 0.5) is 4.39 Å². The Morgan fingerprint density at radius 2 is 2.00 bits per heavy atom. The summed E-state index contributed by atoms with van der Waals surface area (Å²) in [7, 11) is 0. The average molecular weight is 312 g/mol. The first-order valence-corrected chi connectivity index (χ1v) is 6.88. The van der Waals surface area contributed by atoms with Crippen molar-refractivity contribution >= 4 is 27.9 Å². The maximum Gasteiger partial charge on any atom is 0.246 e. The molecular formula is C14H15BrFNO. The Kier molecular flexibility index (Phi) is 4.53. The third-order valence-corrected chi connectivity index (χ3v) is 3.52. The first kappa shape index (κ1) is 13.3. The standard InChI is InChI=1S/C14H15BrFNO/c15-12-5-6-13(16)11(10-12)4-7-14(18)17-8-2-1-3-9-17/h4-7,10H,1-3,8-9H2. The van der Waals surface area contributed by atoms with Crippen LogP contribution in [0.25, 0.3) is 6.08 Å². The molecule has 0 spiro atoms. The number of carbonyl (C=O) groups excluding carboxylic acids is 1. The largest absolute Gasteiger partial charge is 0.339 e. The van der Waals surface area contributed by atoms with Crippen LogP contribution in [-0.2, 0) is 4.79 Å². The molecule has 1 aliphatic rings. The van der Waals surface area contributed by atoms with Gasteiger partial charge in [0.15, 0.2) is 0 Å². The summed E-state index contributed by atoms with van der Waals surface area (Å²) in [6, 6.07) is 4.68. The molecule has 96 valence electrons. The predicted octanol–water partition coefficient (Wildman–Crippen LogP) is 3.61. The van der Waals surface area contributed by atoms with E-state index in [-0.39, 0.29) is 11.7 Å². The lowest BCUT2D eigenvalue weighted by molar-refractivity contribution is -0.126. The molecule has 0 unspecified atom stereocenters. The van der Waals surface area contributed by atoms with E-state index in [1.54, 1.807) is 12.1 Å². The number of piperidine rings is 1. The monoisotopic (exact) mass is 311 g/mol. The van der Waals surface area contributed by atoms with Crippen LogP contribution >= 0.6 is 15.9 Å². The number of hydrogen-bond acceptors (Lipinski definition) is 1. The lowest BCUT2D eigenvalue weighted by Gasteiger charge is -2.25. The maximum atomic E-state index is 13.5. The third kappa shape index (κ3) is 3.42. The second kappa shape index (κ2) is 6.14. The Hall–Kier alpha value is -1.16. The van der Waals surface area contributed by atoms with Crippen molar-refractivity contribution in [1.29, 1.82) is 0 Å². The van der Waals surface area contributed by atoms with Crippen LogP contribution in [0, 0.1) is 5.82 Å². The third-order valence-electron chi connectivity index (χ3n) is 3.03. The van der Waals surface area contributed by atoms with E-state index in [1.807, 2.05) is 4.90 Å². The van der Waals surface area contributed by atoms with E-state index in [4.69, 9.17) is 0 Å². The van der Waals surface area contributed by atoms with Crippen LogP contribution in [0.3, 0.4) is 0 Å². The molecule has 1 fully saturated rings. The SMILES string of the molecule is O=C(C=Cc1cc(Br)ccc1F)N1CCCCC1. The Labute approximate surface area is 115 Å². The number of nitrogens with zero attached hydrogens (tertiary/aromatic N) is 1. The van der Waals surface area contributed by atoms with Gasteiger partial charge in [0.2, 0.25) is 5.91 Å². The van der Waals surface area contributed by atoms with E-state index in [0.29, 0.717) is 5.56 Å². The van der Waals surface area contributed by atoms with Crippen LogP contribution in [0.2, 0.25) is 0 Å². The van der Waals surface area contributed by atoms with Gasteiger partial charge in [-0.05, 0) is 43.5 Å². The van der Waals surface area contributed by atoms with Crippen LogP contribution in [-0.4, -0.2) is 23.9 Å². The van der Waals surface area contributed by atoms with Gasteiger partial charge in [0.1, 0.15) is 5.82 Å². The first-order chi connectivity index (χ1) is 8.66. The van der Waals surface area contributed by atoms with Crippen molar-refractivity contribution in [3.8, 4) is 0 Å². The molecule has 4 heteroatoms. The minimum absolute atomic E-state index is 0.0333. The number of hydrogen-bond donors (Lipinski definition) is 0. The van der Waals surface area contributed by atoms with E-state index in [2.05, 4.69) is 15.9 Å². The van der Waals surface area contributed by atoms with Crippen molar-refractivity contribution in [2.75, 3.05) is 13.1 Å². The summed E-state index contributed by atoms with van der Waals surface area (Å²) in [5.74, 6) is -0.352. The summed E-state index contributed by atoms with van der Waals surface area (Å²) in [4.78, 5) is 13.7. The molecular weight excluding hydrogens is 297 g/mol. The Bertz CT molecular complexity index is 467. The summed E-state index contributed by atoms with van der Waals surface area (Å²) >= 11 is 3.28. The number of benzene rings is 1. The fourth-order valence-electron chi connectivity index (χ4n) is 2.02. The van der Waals surface area contributed by atoms with Crippen LogP contribution in [0.1, 0.15) is 24.8 Å². The van der Waals surface area contributed by atoms with Gasteiger partial charge in [0.05, 0.1) is 0 Å². The summed E-state index contributed by atoms with van der Waals surface area (Å²) in [6.07, 6.45) is 6.30. The quantitative estimate of drug-likeness (QED) is 0.764. The van der Waals surface area contributed by atoms with Gasteiger partial charge in [0.25, 0.3) is 0 Å². The minimum Gasteiger partial charge on any atom is -0.339 e. The van der Waals surface area contributed by atoms with Crippen molar-refractivity contribution in [3.63, 3.8) is 0 Å². The zero-order valence-corrected chi connectivity index (χ0v) is 11.6. The average Bonchev–Trinajstić information content (AvgIpc) is 2.40. The van der Waals surface area contributed by atoms with Crippen molar-refractivity contribution in [1.82, 2.24) is 4.90 Å². The number of carbonyl (C=O) groups is 1. The molecule has 1 aliphatic heterocycles. The maximum absolute atomic E-state index is 13.5. The molecule has 2 rings (SSSR count). The van der Waals surface area contributed by atoms with Gasteiger partial charge < -0.3 is 4.90 Å². The highest BCUT2D eigenvalue weighted by Gasteiger charge is 2.13. The number of rotatable bonds is 2. The van der Waals surface area contributed by atoms with Crippen LogP contribution < -0.4 is 0 Å². The Balaban J connectivity index is 2.05. The van der Waals surface area contributed by atoms with Crippen molar-refractivity contribution in [2.45, 2.75) is 19.3 Å². The second-order valence-electron chi connectivity index (χ2n) is 4.39. The summed E-state index contributed by atoms with van der Waals surface area (Å²) in [5, 5.41) is 0. The number of halogens is 2. The molecule has 1 heterocycles. The fourth-order valence-corrected chi connectivity index (χ4v) is 2.40. The number of amides is 1. The fraction of sp³-hybridized carbons (Fsp3) is 0.357.